The van der Waals surface area contributed by atoms with E-state index in [4.69, 9.17) is 23.2 Å². The second-order valence-electron chi connectivity index (χ2n) is 5.30. The summed E-state index contributed by atoms with van der Waals surface area (Å²) < 4.78 is 0. The van der Waals surface area contributed by atoms with Gasteiger partial charge in [-0.15, -0.1) is 0 Å². The van der Waals surface area contributed by atoms with Crippen LogP contribution in [0.25, 0.3) is 0 Å². The molecule has 2 nitrogen and oxygen atoms in total. The molecule has 138 valence electrons. The zero-order valence-corrected chi connectivity index (χ0v) is 19.9. The van der Waals surface area contributed by atoms with Gasteiger partial charge >= 0.3 is 39.3 Å². The van der Waals surface area contributed by atoms with E-state index in [1.807, 2.05) is 64.1 Å². The van der Waals surface area contributed by atoms with Crippen LogP contribution in [0.15, 0.2) is 46.4 Å². The summed E-state index contributed by atoms with van der Waals surface area (Å²) in [5.74, 6) is 0. The SMILES string of the molecule is CC(=Nc1ccc(Cl)cc1C)C(C)=Nc1ccc(Cl)cc1C.[Br][Ni][Br]. The predicted molar refractivity (Wildman–Crippen MR) is 116 cm³/mol. The molecule has 0 bridgehead atoms. The molecule has 0 unspecified atom stereocenters. The van der Waals surface area contributed by atoms with E-state index >= 15 is 0 Å². The van der Waals surface area contributed by atoms with Crippen LogP contribution in [0.1, 0.15) is 25.0 Å². The van der Waals surface area contributed by atoms with E-state index in [1.54, 1.807) is 0 Å². The molecule has 2 rings (SSSR count). The van der Waals surface area contributed by atoms with Gasteiger partial charge in [-0.3, -0.25) is 9.98 Å². The van der Waals surface area contributed by atoms with Crippen molar-refractivity contribution in [2.75, 3.05) is 0 Å². The van der Waals surface area contributed by atoms with Crippen molar-refractivity contribution in [1.82, 2.24) is 0 Å². The van der Waals surface area contributed by atoms with Crippen LogP contribution in [-0.4, -0.2) is 11.4 Å². The molecule has 0 aromatic heterocycles. The van der Waals surface area contributed by atoms with Crippen LogP contribution in [0, 0.1) is 13.8 Å². The third kappa shape index (κ3) is 7.92. The fourth-order valence-electron chi connectivity index (χ4n) is 2.01. The van der Waals surface area contributed by atoms with E-state index in [2.05, 4.69) is 38.4 Å². The Morgan fingerprint density at radius 3 is 1.40 bits per heavy atom. The van der Waals surface area contributed by atoms with E-state index in [-0.39, 0.29) is 0 Å². The molecule has 0 saturated heterocycles. The molecule has 7 heteroatoms. The van der Waals surface area contributed by atoms with Crippen LogP contribution in [0.5, 0.6) is 0 Å². The Labute approximate surface area is 179 Å². The van der Waals surface area contributed by atoms with Gasteiger partial charge in [0.1, 0.15) is 0 Å². The Bertz CT molecular complexity index is 727. The van der Waals surface area contributed by atoms with Crippen molar-refractivity contribution >= 4 is 74.5 Å². The van der Waals surface area contributed by atoms with Gasteiger partial charge in [-0.25, -0.2) is 0 Å². The van der Waals surface area contributed by atoms with E-state index in [0.29, 0.717) is 0 Å². The number of rotatable bonds is 3. The third-order valence-electron chi connectivity index (χ3n) is 3.42. The van der Waals surface area contributed by atoms with Crippen LogP contribution in [-0.2, 0) is 10.9 Å². The zero-order chi connectivity index (χ0) is 19.0. The van der Waals surface area contributed by atoms with Crippen LogP contribution in [0.4, 0.5) is 11.4 Å². The summed E-state index contributed by atoms with van der Waals surface area (Å²) in [6.45, 7) is 7.90. The van der Waals surface area contributed by atoms with Gasteiger partial charge < -0.3 is 0 Å². The van der Waals surface area contributed by atoms with Crippen molar-refractivity contribution in [2.45, 2.75) is 27.7 Å². The van der Waals surface area contributed by atoms with Gasteiger partial charge in [-0.2, -0.15) is 0 Å². The van der Waals surface area contributed by atoms with Gasteiger partial charge in [0.2, 0.25) is 0 Å². The molecule has 0 radical (unpaired) electrons. The van der Waals surface area contributed by atoms with Crippen molar-refractivity contribution < 1.29 is 10.9 Å². The van der Waals surface area contributed by atoms with Gasteiger partial charge in [-0.05, 0) is 75.2 Å². The normalized spacial score (nSPS) is 12.0. The first kappa shape index (κ1) is 22.9. The molecule has 0 aliphatic carbocycles. The summed E-state index contributed by atoms with van der Waals surface area (Å²) >= 11 is 17.9. The second kappa shape index (κ2) is 11.5. The van der Waals surface area contributed by atoms with Gasteiger partial charge in [0.15, 0.2) is 0 Å². The van der Waals surface area contributed by atoms with E-state index in [9.17, 15) is 0 Å². The van der Waals surface area contributed by atoms with Gasteiger partial charge in [0.25, 0.3) is 0 Å². The summed E-state index contributed by atoms with van der Waals surface area (Å²) in [5, 5.41) is 1.44. The van der Waals surface area contributed by atoms with Crippen molar-refractivity contribution in [3.8, 4) is 0 Å². The molecular weight excluding hydrogens is 534 g/mol. The first-order chi connectivity index (χ1) is 11.8. The van der Waals surface area contributed by atoms with E-state index < -0.39 is 0 Å². The maximum atomic E-state index is 5.97. The molecule has 0 aliphatic heterocycles. The number of benzene rings is 2. The fourth-order valence-corrected chi connectivity index (χ4v) is 2.47. The first-order valence-corrected chi connectivity index (χ1v) is 12.9. The minimum absolute atomic E-state index is 0.719. The van der Waals surface area contributed by atoms with Crippen LogP contribution in [0.3, 0.4) is 0 Å². The zero-order valence-electron chi connectivity index (χ0n) is 14.2. The topological polar surface area (TPSA) is 24.7 Å². The Kier molecular flexibility index (Phi) is 10.5. The first-order valence-electron chi connectivity index (χ1n) is 7.24. The summed E-state index contributed by atoms with van der Waals surface area (Å²) in [7, 11) is 1.25. The molecule has 0 fully saturated rings. The molecule has 25 heavy (non-hydrogen) atoms. The van der Waals surface area contributed by atoms with Crippen LogP contribution >= 0.6 is 51.7 Å². The molecule has 0 atom stereocenters. The fraction of sp³-hybridized carbons (Fsp3) is 0.222. The maximum absolute atomic E-state index is 5.97. The molecule has 0 N–H and O–H groups in total. The Hall–Kier alpha value is -0.186. The number of aryl methyl sites for hydroxylation is 2. The number of hydrogen-bond donors (Lipinski definition) is 0. The van der Waals surface area contributed by atoms with Crippen LogP contribution in [0.2, 0.25) is 10.0 Å². The summed E-state index contributed by atoms with van der Waals surface area (Å²) in [4.78, 5) is 9.29. The van der Waals surface area contributed by atoms with Crippen LogP contribution < -0.4 is 0 Å². The molecule has 2 aromatic rings. The molecule has 2 aromatic carbocycles. The van der Waals surface area contributed by atoms with Crippen molar-refractivity contribution in [3.05, 3.63) is 57.6 Å². The molecule has 0 saturated carbocycles. The number of hydrogen-bond acceptors (Lipinski definition) is 2. The molecule has 0 heterocycles. The molecule has 0 aliphatic rings. The summed E-state index contributed by atoms with van der Waals surface area (Å²) in [6, 6.07) is 11.3. The van der Waals surface area contributed by atoms with Gasteiger partial charge in [0, 0.05) is 10.0 Å². The Balaban J connectivity index is 0.000000970. The Morgan fingerprint density at radius 2 is 1.12 bits per heavy atom. The van der Waals surface area contributed by atoms with E-state index in [0.717, 1.165) is 44.0 Å². The average Bonchev–Trinajstić information content (AvgIpc) is 2.53. The molecule has 0 amide bonds. The van der Waals surface area contributed by atoms with Crippen molar-refractivity contribution in [1.29, 1.82) is 0 Å². The van der Waals surface area contributed by atoms with Crippen molar-refractivity contribution in [2.24, 2.45) is 9.98 Å². The Morgan fingerprint density at radius 1 is 0.800 bits per heavy atom. The van der Waals surface area contributed by atoms with Gasteiger partial charge in [-0.1, -0.05) is 23.2 Å². The summed E-state index contributed by atoms with van der Waals surface area (Å²) in [6.07, 6.45) is 0. The average molecular weight is 552 g/mol. The minimum atomic E-state index is 0.719. The quantitative estimate of drug-likeness (QED) is 0.271. The standard InChI is InChI=1S/C18H18Cl2N2.2BrH.Ni/c1-11-9-15(19)5-7-17(11)21-13(3)14(4)22-18-8-6-16(20)10-12(18)2;;;/h5-10H,1-4H3;2*1H;/q;;;+2/p-2. The second-order valence-corrected chi connectivity index (χ2v) is 11.2. The summed E-state index contributed by atoms with van der Waals surface area (Å²) in [5.41, 5.74) is 5.65. The van der Waals surface area contributed by atoms with E-state index in [1.165, 1.54) is 10.9 Å². The number of halogens is 4. The number of nitrogens with zero attached hydrogens (tertiary/aromatic N) is 2. The van der Waals surface area contributed by atoms with Crippen molar-refractivity contribution in [3.63, 3.8) is 0 Å². The molecule has 0 spiro atoms. The monoisotopic (exact) mass is 548 g/mol. The third-order valence-corrected chi connectivity index (χ3v) is 3.89. The van der Waals surface area contributed by atoms with Gasteiger partial charge in [0.05, 0.1) is 22.8 Å². The molecular formula is C18H18Br2Cl2N2Ni. The number of aliphatic imine (C=N–C) groups is 2. The predicted octanol–water partition coefficient (Wildman–Crippen LogP) is 8.18.